The van der Waals surface area contributed by atoms with Gasteiger partial charge >= 0.3 is 6.03 Å². The molecule has 5 nitrogen and oxygen atoms in total. The summed E-state index contributed by atoms with van der Waals surface area (Å²) in [7, 11) is 0. The van der Waals surface area contributed by atoms with Gasteiger partial charge in [0.05, 0.1) is 9.77 Å². The largest absolute Gasteiger partial charge is 0.342 e. The Morgan fingerprint density at radius 3 is 2.89 bits per heavy atom. The molecule has 3 saturated heterocycles. The smallest absolute Gasteiger partial charge is 0.332 e. The van der Waals surface area contributed by atoms with Crippen molar-refractivity contribution in [2.45, 2.75) is 25.3 Å². The maximum absolute atomic E-state index is 12.0. The Morgan fingerprint density at radius 1 is 1.44 bits per heavy atom. The number of nitrogens with zero attached hydrogens (tertiary/aromatic N) is 3. The van der Waals surface area contributed by atoms with Crippen LogP contribution in [0.1, 0.15) is 19.3 Å². The van der Waals surface area contributed by atoms with Crippen LogP contribution in [0.25, 0.3) is 0 Å². The van der Waals surface area contributed by atoms with E-state index in [1.165, 1.54) is 30.6 Å². The highest BCUT2D eigenvalue weighted by Crippen LogP contribution is 2.26. The SMILES string of the molecule is O=C(NC1CC2CCN(CC2)C1)n1cc(I)cn1. The van der Waals surface area contributed by atoms with Gasteiger partial charge in [0.2, 0.25) is 0 Å². The average Bonchev–Trinajstić information content (AvgIpc) is 2.59. The Hall–Kier alpha value is -0.630. The van der Waals surface area contributed by atoms with Gasteiger partial charge < -0.3 is 10.2 Å². The number of halogens is 1. The molecular formula is C12H17IN4O. The number of rotatable bonds is 1. The van der Waals surface area contributed by atoms with Crippen LogP contribution in [0, 0.1) is 9.49 Å². The van der Waals surface area contributed by atoms with Gasteiger partial charge in [0.1, 0.15) is 0 Å². The minimum atomic E-state index is -0.106. The molecule has 0 radical (unpaired) electrons. The zero-order chi connectivity index (χ0) is 12.5. The third-order valence-electron chi connectivity index (χ3n) is 3.89. The zero-order valence-corrected chi connectivity index (χ0v) is 12.3. The second kappa shape index (κ2) is 5.16. The first-order chi connectivity index (χ1) is 8.70. The Labute approximate surface area is 120 Å². The summed E-state index contributed by atoms with van der Waals surface area (Å²) in [6, 6.07) is 0.166. The van der Waals surface area contributed by atoms with E-state index >= 15 is 0 Å². The van der Waals surface area contributed by atoms with Gasteiger partial charge in [0.15, 0.2) is 0 Å². The summed E-state index contributed by atoms with van der Waals surface area (Å²) >= 11 is 2.16. The summed E-state index contributed by atoms with van der Waals surface area (Å²) < 4.78 is 2.37. The molecule has 1 N–H and O–H groups in total. The highest BCUT2D eigenvalue weighted by Gasteiger charge is 2.30. The highest BCUT2D eigenvalue weighted by atomic mass is 127. The Balaban J connectivity index is 1.64. The van der Waals surface area contributed by atoms with Gasteiger partial charge in [-0.05, 0) is 60.9 Å². The lowest BCUT2D eigenvalue weighted by molar-refractivity contribution is 0.216. The number of hydrogen-bond acceptors (Lipinski definition) is 3. The van der Waals surface area contributed by atoms with E-state index in [9.17, 15) is 4.79 Å². The van der Waals surface area contributed by atoms with E-state index in [4.69, 9.17) is 0 Å². The number of carbonyl (C=O) groups excluding carboxylic acids is 1. The molecule has 0 aromatic carbocycles. The molecule has 0 aliphatic carbocycles. The molecule has 1 atom stereocenters. The molecule has 1 amide bonds. The van der Waals surface area contributed by atoms with Gasteiger partial charge in [0, 0.05) is 18.8 Å². The number of hydrogen-bond donors (Lipinski definition) is 1. The van der Waals surface area contributed by atoms with Crippen molar-refractivity contribution < 1.29 is 4.79 Å². The third kappa shape index (κ3) is 2.69. The first kappa shape index (κ1) is 12.4. The van der Waals surface area contributed by atoms with Gasteiger partial charge in [-0.1, -0.05) is 0 Å². The normalized spacial score (nSPS) is 31.1. The van der Waals surface area contributed by atoms with Crippen LogP contribution in [0.4, 0.5) is 4.79 Å². The van der Waals surface area contributed by atoms with Crippen molar-refractivity contribution >= 4 is 28.6 Å². The predicted molar refractivity (Wildman–Crippen MR) is 76.4 cm³/mol. The maximum Gasteiger partial charge on any atom is 0.342 e. The minimum Gasteiger partial charge on any atom is -0.332 e. The van der Waals surface area contributed by atoms with Crippen LogP contribution < -0.4 is 5.32 Å². The number of nitrogens with one attached hydrogen (secondary N) is 1. The number of amides is 1. The molecule has 1 unspecified atom stereocenters. The van der Waals surface area contributed by atoms with Crippen molar-refractivity contribution in [2.75, 3.05) is 19.6 Å². The Kier molecular flexibility index (Phi) is 3.56. The van der Waals surface area contributed by atoms with Crippen LogP contribution in [0.3, 0.4) is 0 Å². The summed E-state index contributed by atoms with van der Waals surface area (Å²) in [6.45, 7) is 3.37. The van der Waals surface area contributed by atoms with Crippen LogP contribution >= 0.6 is 22.6 Å². The molecular weight excluding hydrogens is 343 g/mol. The fourth-order valence-electron chi connectivity index (χ4n) is 2.95. The lowest BCUT2D eigenvalue weighted by Crippen LogP contribution is -2.43. The molecule has 6 heteroatoms. The van der Waals surface area contributed by atoms with Crippen LogP contribution in [0.15, 0.2) is 12.4 Å². The first-order valence-electron chi connectivity index (χ1n) is 6.44. The third-order valence-corrected chi connectivity index (χ3v) is 4.45. The van der Waals surface area contributed by atoms with Crippen molar-refractivity contribution in [3.63, 3.8) is 0 Å². The van der Waals surface area contributed by atoms with Crippen molar-refractivity contribution in [3.05, 3.63) is 16.0 Å². The Bertz CT molecular complexity index is 425. The number of aromatic nitrogens is 2. The summed E-state index contributed by atoms with van der Waals surface area (Å²) in [6.07, 6.45) is 7.13. The van der Waals surface area contributed by atoms with Crippen LogP contribution in [0.2, 0.25) is 0 Å². The zero-order valence-electron chi connectivity index (χ0n) is 10.2. The highest BCUT2D eigenvalue weighted by molar-refractivity contribution is 14.1. The lowest BCUT2D eigenvalue weighted by Gasteiger charge is -2.26. The van der Waals surface area contributed by atoms with Crippen LogP contribution in [-0.2, 0) is 0 Å². The van der Waals surface area contributed by atoms with E-state index < -0.39 is 0 Å². The van der Waals surface area contributed by atoms with Crippen LogP contribution in [0.5, 0.6) is 0 Å². The second-order valence-corrected chi connectivity index (χ2v) is 6.47. The second-order valence-electron chi connectivity index (χ2n) is 5.23. The number of carbonyl (C=O) groups is 1. The maximum atomic E-state index is 12.0. The fraction of sp³-hybridized carbons (Fsp3) is 0.667. The monoisotopic (exact) mass is 360 g/mol. The van der Waals surface area contributed by atoms with E-state index in [0.29, 0.717) is 0 Å². The molecule has 3 fully saturated rings. The molecule has 4 heterocycles. The van der Waals surface area contributed by atoms with Crippen LogP contribution in [-0.4, -0.2) is 46.4 Å². The Morgan fingerprint density at radius 2 is 2.22 bits per heavy atom. The van der Waals surface area contributed by atoms with Crippen molar-refractivity contribution in [3.8, 4) is 0 Å². The number of piperidine rings is 1. The summed E-state index contributed by atoms with van der Waals surface area (Å²) in [5, 5.41) is 7.15. The topological polar surface area (TPSA) is 50.2 Å². The van der Waals surface area contributed by atoms with E-state index in [-0.39, 0.29) is 12.1 Å². The quantitative estimate of drug-likeness (QED) is 0.773. The molecule has 4 rings (SSSR count). The first-order valence-corrected chi connectivity index (χ1v) is 7.52. The lowest BCUT2D eigenvalue weighted by atomic mass is 9.94. The summed E-state index contributed by atoms with van der Waals surface area (Å²) in [4.78, 5) is 14.5. The predicted octanol–water partition coefficient (Wildman–Crippen LogP) is 1.53. The molecule has 1 aromatic rings. The van der Waals surface area contributed by atoms with Crippen molar-refractivity contribution in [2.24, 2.45) is 5.92 Å². The fourth-order valence-corrected chi connectivity index (χ4v) is 3.34. The van der Waals surface area contributed by atoms with Gasteiger partial charge in [-0.25, -0.2) is 4.79 Å². The van der Waals surface area contributed by atoms with Gasteiger partial charge in [-0.15, -0.1) is 0 Å². The minimum absolute atomic E-state index is 0.106. The molecule has 0 saturated carbocycles. The van der Waals surface area contributed by atoms with E-state index in [2.05, 4.69) is 37.9 Å². The average molecular weight is 360 g/mol. The van der Waals surface area contributed by atoms with Crippen molar-refractivity contribution in [1.82, 2.24) is 20.0 Å². The van der Waals surface area contributed by atoms with Gasteiger partial charge in [0.25, 0.3) is 0 Å². The molecule has 2 bridgehead atoms. The summed E-state index contributed by atoms with van der Waals surface area (Å²) in [5.74, 6) is 0.784. The van der Waals surface area contributed by atoms with Gasteiger partial charge in [-0.3, -0.25) is 0 Å². The molecule has 0 spiro atoms. The van der Waals surface area contributed by atoms with E-state index in [0.717, 1.165) is 22.5 Å². The molecule has 3 aliphatic rings. The standard InChI is InChI=1S/C12H17IN4O/c13-10-6-14-17(7-10)12(18)15-11-5-9-1-3-16(8-11)4-2-9/h6-7,9,11H,1-5,8H2,(H,15,18). The van der Waals surface area contributed by atoms with E-state index in [1.807, 2.05) is 0 Å². The molecule has 1 aromatic heterocycles. The molecule has 18 heavy (non-hydrogen) atoms. The van der Waals surface area contributed by atoms with Gasteiger partial charge in [-0.2, -0.15) is 9.78 Å². The summed E-state index contributed by atoms with van der Waals surface area (Å²) in [5.41, 5.74) is 0. The molecule has 98 valence electrons. The number of fused-ring (bicyclic) bond motifs is 4. The molecule has 3 aliphatic heterocycles. The van der Waals surface area contributed by atoms with E-state index in [1.54, 1.807) is 12.4 Å². The van der Waals surface area contributed by atoms with Crippen molar-refractivity contribution in [1.29, 1.82) is 0 Å².